The molecule has 0 unspecified atom stereocenters. The third-order valence-corrected chi connectivity index (χ3v) is 19.3. The standard InChI is InChI=1S/C54H53FO2S6/c1-4-6-8-10-12-16-26-36-30-31-58-47(36)44-39-32-41(34-22-17-14-18-23-34)60-49(39)43(40-29-28-37(59-40)27-21-13-11-9-7-5-2)38-33-42(61-50(38)44)51-52-45(46(55)53(63-52)54(56)57-3)48(62-51)35-24-19-15-20-25-35/h14-15,17-20,22-25,28-33H,4-13,16,21,26-27H2,1-3H3. The fraction of sp³-hybridized carbons (Fsp3) is 0.315. The van der Waals surface area contributed by atoms with Gasteiger partial charge in [0.25, 0.3) is 0 Å². The van der Waals surface area contributed by atoms with Gasteiger partial charge in [0.05, 0.1) is 16.7 Å². The molecule has 0 atom stereocenters. The Morgan fingerprint density at radius 2 is 1.17 bits per heavy atom. The number of thiophene rings is 6. The number of hydrogen-bond donors (Lipinski definition) is 0. The van der Waals surface area contributed by atoms with Crippen molar-refractivity contribution >= 4 is 104 Å². The molecule has 9 heteroatoms. The number of hydrogen-bond acceptors (Lipinski definition) is 8. The van der Waals surface area contributed by atoms with Crippen molar-refractivity contribution in [3.05, 3.63) is 118 Å². The summed E-state index contributed by atoms with van der Waals surface area (Å²) in [5.41, 5.74) is 6.23. The Morgan fingerprint density at radius 3 is 1.89 bits per heavy atom. The van der Waals surface area contributed by atoms with Crippen molar-refractivity contribution in [2.45, 2.75) is 104 Å². The molecule has 0 aliphatic carbocycles. The van der Waals surface area contributed by atoms with E-state index < -0.39 is 11.8 Å². The Kier molecular flexibility index (Phi) is 14.4. The Morgan fingerprint density at radius 1 is 0.556 bits per heavy atom. The summed E-state index contributed by atoms with van der Waals surface area (Å²) in [4.78, 5) is 21.4. The average Bonchev–Trinajstić information content (AvgIpc) is 4.19. The number of aryl methyl sites for hydroxylation is 2. The lowest BCUT2D eigenvalue weighted by molar-refractivity contribution is 0.0602. The summed E-state index contributed by atoms with van der Waals surface area (Å²) in [6, 6.07) is 32.8. The highest BCUT2D eigenvalue weighted by Gasteiger charge is 2.30. The summed E-state index contributed by atoms with van der Waals surface area (Å²) in [6.45, 7) is 4.56. The van der Waals surface area contributed by atoms with Crippen molar-refractivity contribution in [3.63, 3.8) is 0 Å². The van der Waals surface area contributed by atoms with Crippen LogP contribution in [0.25, 0.3) is 81.8 Å². The Balaban J connectivity index is 1.26. The molecule has 63 heavy (non-hydrogen) atoms. The van der Waals surface area contributed by atoms with E-state index in [9.17, 15) is 4.79 Å². The summed E-state index contributed by atoms with van der Waals surface area (Å²) in [7, 11) is 1.33. The highest BCUT2D eigenvalue weighted by Crippen LogP contribution is 2.57. The quantitative estimate of drug-likeness (QED) is 0.0562. The van der Waals surface area contributed by atoms with Gasteiger partial charge in [0.1, 0.15) is 4.88 Å². The van der Waals surface area contributed by atoms with Gasteiger partial charge in [-0.3, -0.25) is 0 Å². The molecule has 0 bridgehead atoms. The molecule has 324 valence electrons. The van der Waals surface area contributed by atoms with Gasteiger partial charge in [-0.05, 0) is 78.1 Å². The molecule has 9 rings (SSSR count). The second kappa shape index (κ2) is 20.5. The van der Waals surface area contributed by atoms with Crippen molar-refractivity contribution in [3.8, 4) is 51.5 Å². The van der Waals surface area contributed by atoms with Crippen molar-refractivity contribution in [1.29, 1.82) is 0 Å². The van der Waals surface area contributed by atoms with Crippen LogP contribution in [0.15, 0.2) is 96.4 Å². The Bertz CT molecular complexity index is 2960. The van der Waals surface area contributed by atoms with Crippen LogP contribution in [0.3, 0.4) is 0 Å². The number of halogens is 1. The first kappa shape index (κ1) is 44.3. The molecule has 0 saturated carbocycles. The molecule has 9 aromatic rings. The molecule has 6 aromatic heterocycles. The largest absolute Gasteiger partial charge is 0.465 e. The molecule has 0 aliphatic heterocycles. The summed E-state index contributed by atoms with van der Waals surface area (Å²) in [6.07, 6.45) is 17.5. The number of fused-ring (bicyclic) bond motifs is 3. The monoisotopic (exact) mass is 944 g/mol. The minimum Gasteiger partial charge on any atom is -0.465 e. The molecule has 0 saturated heterocycles. The number of unbranched alkanes of at least 4 members (excludes halogenated alkanes) is 10. The maximum absolute atomic E-state index is 16.5. The van der Waals surface area contributed by atoms with Crippen LogP contribution < -0.4 is 0 Å². The normalized spacial score (nSPS) is 11.8. The van der Waals surface area contributed by atoms with E-state index in [4.69, 9.17) is 4.74 Å². The van der Waals surface area contributed by atoms with E-state index in [2.05, 4.69) is 79.9 Å². The van der Waals surface area contributed by atoms with Gasteiger partial charge in [-0.15, -0.1) is 68.0 Å². The number of carbonyl (C=O) groups is 1. The van der Waals surface area contributed by atoms with Gasteiger partial charge < -0.3 is 4.74 Å². The van der Waals surface area contributed by atoms with E-state index in [1.807, 2.05) is 75.7 Å². The molecule has 0 N–H and O–H groups in total. The van der Waals surface area contributed by atoms with Crippen molar-refractivity contribution < 1.29 is 13.9 Å². The summed E-state index contributed by atoms with van der Waals surface area (Å²) >= 11 is 10.4. The van der Waals surface area contributed by atoms with Crippen molar-refractivity contribution in [2.75, 3.05) is 7.11 Å². The Labute approximate surface area is 395 Å². The van der Waals surface area contributed by atoms with Gasteiger partial charge in [-0.1, -0.05) is 139 Å². The first-order valence-electron chi connectivity index (χ1n) is 22.6. The van der Waals surface area contributed by atoms with E-state index in [-0.39, 0.29) is 4.88 Å². The van der Waals surface area contributed by atoms with E-state index in [0.717, 1.165) is 37.7 Å². The summed E-state index contributed by atoms with van der Waals surface area (Å²) in [5.74, 6) is -1.13. The second-order valence-corrected chi connectivity index (χ2v) is 22.7. The van der Waals surface area contributed by atoms with Gasteiger partial charge in [0.15, 0.2) is 5.82 Å². The van der Waals surface area contributed by atoms with Crippen LogP contribution in [0.4, 0.5) is 4.39 Å². The fourth-order valence-corrected chi connectivity index (χ4v) is 16.3. The molecular weight excluding hydrogens is 892 g/mol. The first-order valence-corrected chi connectivity index (χ1v) is 27.6. The molecule has 0 aliphatic rings. The second-order valence-electron chi connectivity index (χ2n) is 16.5. The van der Waals surface area contributed by atoms with Gasteiger partial charge >= 0.3 is 5.97 Å². The average molecular weight is 945 g/mol. The third-order valence-electron chi connectivity index (χ3n) is 12.1. The highest BCUT2D eigenvalue weighted by atomic mass is 32.1. The number of ether oxygens (including phenoxy) is 1. The molecule has 2 nitrogen and oxygen atoms in total. The van der Waals surface area contributed by atoms with Crippen molar-refractivity contribution in [1.82, 2.24) is 0 Å². The van der Waals surface area contributed by atoms with E-state index >= 15 is 4.39 Å². The van der Waals surface area contributed by atoms with E-state index in [0.29, 0.717) is 5.39 Å². The molecule has 0 spiro atoms. The van der Waals surface area contributed by atoms with E-state index in [1.54, 1.807) is 11.3 Å². The highest BCUT2D eigenvalue weighted by molar-refractivity contribution is 7.33. The summed E-state index contributed by atoms with van der Waals surface area (Å²) < 4.78 is 25.0. The number of carbonyl (C=O) groups excluding carboxylic acids is 1. The predicted molar refractivity (Wildman–Crippen MR) is 279 cm³/mol. The molecule has 6 heterocycles. The lowest BCUT2D eigenvalue weighted by Gasteiger charge is -2.12. The fourth-order valence-electron chi connectivity index (χ4n) is 8.82. The number of methoxy groups -OCH3 is 1. The zero-order chi connectivity index (χ0) is 43.3. The first-order chi connectivity index (χ1) is 31.0. The molecular formula is C54H53FO2S6. The van der Waals surface area contributed by atoms with Crippen LogP contribution in [0.1, 0.15) is 111 Å². The zero-order valence-corrected chi connectivity index (χ0v) is 41.2. The van der Waals surface area contributed by atoms with Crippen LogP contribution in [0.5, 0.6) is 0 Å². The van der Waals surface area contributed by atoms with Crippen molar-refractivity contribution in [2.24, 2.45) is 0 Å². The maximum atomic E-state index is 16.5. The molecule has 0 fully saturated rings. The third kappa shape index (κ3) is 9.16. The van der Waals surface area contributed by atoms with Gasteiger partial charge in [0.2, 0.25) is 0 Å². The smallest absolute Gasteiger partial charge is 0.351 e. The lowest BCUT2D eigenvalue weighted by atomic mass is 9.96. The zero-order valence-electron chi connectivity index (χ0n) is 36.3. The SMILES string of the molecule is CCCCCCCCc1ccc(-c2c3cc(-c4sc(-c5ccccc5)c5c(F)c(C(=O)OC)sc45)sc3c(-c3sccc3CCCCCCCC)c3cc(-c4ccccc4)sc23)s1. The van der Waals surface area contributed by atoms with E-state index in [1.165, 1.54) is 157 Å². The number of rotatable bonds is 20. The van der Waals surface area contributed by atoms with Crippen LogP contribution in [0, 0.1) is 5.82 Å². The van der Waals surface area contributed by atoms with Crippen LogP contribution in [-0.4, -0.2) is 13.1 Å². The number of esters is 1. The van der Waals surface area contributed by atoms with Gasteiger partial charge in [0, 0.05) is 65.9 Å². The van der Waals surface area contributed by atoms with Gasteiger partial charge in [-0.2, -0.15) is 0 Å². The lowest BCUT2D eigenvalue weighted by Crippen LogP contribution is -2.00. The minimum absolute atomic E-state index is 0.0274. The van der Waals surface area contributed by atoms with Crippen LogP contribution in [0.2, 0.25) is 0 Å². The van der Waals surface area contributed by atoms with Crippen LogP contribution >= 0.6 is 68.0 Å². The minimum atomic E-state index is -0.635. The Hall–Kier alpha value is -3.96. The molecule has 0 amide bonds. The molecule has 3 aromatic carbocycles. The number of benzene rings is 3. The topological polar surface area (TPSA) is 26.3 Å². The van der Waals surface area contributed by atoms with Crippen LogP contribution in [-0.2, 0) is 17.6 Å². The predicted octanol–water partition coefficient (Wildman–Crippen LogP) is 19.6. The molecule has 0 radical (unpaired) electrons. The summed E-state index contributed by atoms with van der Waals surface area (Å²) in [5, 5.41) is 5.36. The maximum Gasteiger partial charge on any atom is 0.351 e. The van der Waals surface area contributed by atoms with Gasteiger partial charge in [-0.25, -0.2) is 9.18 Å².